The van der Waals surface area contributed by atoms with Crippen molar-refractivity contribution in [2.75, 3.05) is 45.9 Å². The molecule has 138 valence electrons. The van der Waals surface area contributed by atoms with Crippen LogP contribution >= 0.6 is 35.3 Å². The fourth-order valence-electron chi connectivity index (χ4n) is 2.59. The smallest absolute Gasteiger partial charge is 0.188 e. The summed E-state index contributed by atoms with van der Waals surface area (Å²) in [5, 5.41) is 4.35. The highest BCUT2D eigenvalue weighted by molar-refractivity contribution is 14.0. The Bertz CT molecular complexity index is 503. The summed E-state index contributed by atoms with van der Waals surface area (Å²) in [4.78, 5) is 12.8. The van der Waals surface area contributed by atoms with Crippen molar-refractivity contribution in [3.05, 3.63) is 15.6 Å². The van der Waals surface area contributed by atoms with Gasteiger partial charge < -0.3 is 15.8 Å². The van der Waals surface area contributed by atoms with Crippen molar-refractivity contribution in [2.24, 2.45) is 10.7 Å². The van der Waals surface area contributed by atoms with E-state index >= 15 is 0 Å². The molecule has 3 N–H and O–H groups in total. The maximum atomic E-state index is 5.91. The van der Waals surface area contributed by atoms with Crippen LogP contribution in [0.4, 0.5) is 0 Å². The first-order chi connectivity index (χ1) is 11.2. The van der Waals surface area contributed by atoms with Crippen LogP contribution in [0.25, 0.3) is 0 Å². The van der Waals surface area contributed by atoms with Gasteiger partial charge in [-0.15, -0.1) is 35.3 Å². The predicted octanol–water partition coefficient (Wildman–Crippen LogP) is 1.80. The lowest BCUT2D eigenvalue weighted by Crippen LogP contribution is -2.37. The van der Waals surface area contributed by atoms with E-state index in [9.17, 15) is 0 Å². The zero-order chi connectivity index (χ0) is 16.5. The van der Waals surface area contributed by atoms with E-state index in [1.54, 1.807) is 11.3 Å². The number of hydrogen-bond donors (Lipinski definition) is 2. The summed E-state index contributed by atoms with van der Waals surface area (Å²) in [5.41, 5.74) is 7.12. The van der Waals surface area contributed by atoms with Gasteiger partial charge in [0.1, 0.15) is 0 Å². The average molecular weight is 467 g/mol. The summed E-state index contributed by atoms with van der Waals surface area (Å²) in [6.07, 6.45) is 2.94. The van der Waals surface area contributed by atoms with Crippen molar-refractivity contribution in [1.82, 2.24) is 15.2 Å². The van der Waals surface area contributed by atoms with Gasteiger partial charge >= 0.3 is 0 Å². The number of aryl methyl sites for hydroxylation is 2. The summed E-state index contributed by atoms with van der Waals surface area (Å²) in [6.45, 7) is 10.7. The molecule has 1 aromatic heterocycles. The quantitative estimate of drug-likeness (QED) is 0.264. The lowest BCUT2D eigenvalue weighted by Gasteiger charge is -2.26. The molecule has 8 heteroatoms. The van der Waals surface area contributed by atoms with Gasteiger partial charge in [-0.05, 0) is 19.8 Å². The number of nitrogens with zero attached hydrogens (tertiary/aromatic N) is 3. The van der Waals surface area contributed by atoms with Crippen LogP contribution < -0.4 is 11.1 Å². The standard InChI is InChI=1S/C16H29N5OS.HI/c1-3-14-13(2)23-15(20-14)5-7-19-16(17)18-6-4-8-21-9-11-22-12-10-21;/h3-12H2,1-2H3,(H3,17,18,19);1H. The molecule has 1 saturated heterocycles. The fraction of sp³-hybridized carbons (Fsp3) is 0.750. The third-order valence-corrected chi connectivity index (χ3v) is 5.01. The van der Waals surface area contributed by atoms with Crippen LogP contribution in [0.15, 0.2) is 4.99 Å². The van der Waals surface area contributed by atoms with E-state index in [1.165, 1.54) is 15.6 Å². The topological polar surface area (TPSA) is 75.8 Å². The zero-order valence-corrected chi connectivity index (χ0v) is 17.9. The van der Waals surface area contributed by atoms with Gasteiger partial charge in [-0.2, -0.15) is 0 Å². The molecule has 0 bridgehead atoms. The van der Waals surface area contributed by atoms with Gasteiger partial charge in [0.15, 0.2) is 5.96 Å². The maximum absolute atomic E-state index is 5.91. The minimum Gasteiger partial charge on any atom is -0.379 e. The second-order valence-electron chi connectivity index (χ2n) is 5.72. The highest BCUT2D eigenvalue weighted by Crippen LogP contribution is 2.17. The van der Waals surface area contributed by atoms with Gasteiger partial charge in [0.25, 0.3) is 0 Å². The van der Waals surface area contributed by atoms with E-state index in [2.05, 4.69) is 34.0 Å². The highest BCUT2D eigenvalue weighted by Gasteiger charge is 2.09. The molecule has 0 unspecified atom stereocenters. The number of ether oxygens (including phenoxy) is 1. The van der Waals surface area contributed by atoms with Crippen LogP contribution in [0, 0.1) is 6.92 Å². The Hall–Kier alpha value is -0.450. The molecule has 0 aliphatic carbocycles. The zero-order valence-electron chi connectivity index (χ0n) is 14.7. The number of aliphatic imine (C=N–C) groups is 1. The fourth-order valence-corrected chi connectivity index (χ4v) is 3.62. The molecule has 2 rings (SSSR count). The maximum Gasteiger partial charge on any atom is 0.188 e. The third-order valence-electron chi connectivity index (χ3n) is 3.94. The normalized spacial score (nSPS) is 16.0. The van der Waals surface area contributed by atoms with Crippen molar-refractivity contribution >= 4 is 41.3 Å². The number of hydrogen-bond acceptors (Lipinski definition) is 5. The molecule has 24 heavy (non-hydrogen) atoms. The van der Waals surface area contributed by atoms with Gasteiger partial charge in [0.2, 0.25) is 0 Å². The molecular formula is C16H30IN5OS. The third kappa shape index (κ3) is 7.62. The largest absolute Gasteiger partial charge is 0.379 e. The van der Waals surface area contributed by atoms with Crippen LogP contribution in [-0.4, -0.2) is 61.8 Å². The number of rotatable bonds is 8. The molecule has 2 heterocycles. The van der Waals surface area contributed by atoms with Crippen molar-refractivity contribution in [2.45, 2.75) is 33.1 Å². The van der Waals surface area contributed by atoms with Crippen LogP contribution in [0.3, 0.4) is 0 Å². The molecule has 1 aliphatic rings. The van der Waals surface area contributed by atoms with Crippen molar-refractivity contribution in [1.29, 1.82) is 0 Å². The lowest BCUT2D eigenvalue weighted by molar-refractivity contribution is 0.0377. The second kappa shape index (κ2) is 12.0. The first-order valence-corrected chi connectivity index (χ1v) is 9.29. The minimum atomic E-state index is 0. The number of thiazole rings is 1. The van der Waals surface area contributed by atoms with Gasteiger partial charge in [-0.25, -0.2) is 4.98 Å². The van der Waals surface area contributed by atoms with Gasteiger partial charge in [-0.3, -0.25) is 9.89 Å². The van der Waals surface area contributed by atoms with Crippen LogP contribution in [0.1, 0.15) is 28.9 Å². The average Bonchev–Trinajstić information content (AvgIpc) is 2.92. The van der Waals surface area contributed by atoms with E-state index in [0.29, 0.717) is 5.96 Å². The molecule has 1 aromatic rings. The summed E-state index contributed by atoms with van der Waals surface area (Å²) in [6, 6.07) is 0. The van der Waals surface area contributed by atoms with Crippen LogP contribution in [0.5, 0.6) is 0 Å². The Morgan fingerprint density at radius 1 is 1.42 bits per heavy atom. The molecule has 0 aromatic carbocycles. The first kappa shape index (κ1) is 21.6. The number of morpholine rings is 1. The molecule has 0 radical (unpaired) electrons. The predicted molar refractivity (Wildman–Crippen MR) is 112 cm³/mol. The highest BCUT2D eigenvalue weighted by atomic mass is 127. The molecule has 1 fully saturated rings. The minimum absolute atomic E-state index is 0. The van der Waals surface area contributed by atoms with Gasteiger partial charge in [0, 0.05) is 44.0 Å². The Labute approximate surface area is 166 Å². The number of aromatic nitrogens is 1. The van der Waals surface area contributed by atoms with Crippen LogP contribution in [0.2, 0.25) is 0 Å². The Kier molecular flexibility index (Phi) is 10.8. The summed E-state index contributed by atoms with van der Waals surface area (Å²) in [5.74, 6) is 0.538. The van der Waals surface area contributed by atoms with E-state index in [4.69, 9.17) is 10.5 Å². The molecule has 0 atom stereocenters. The van der Waals surface area contributed by atoms with Gasteiger partial charge in [-0.1, -0.05) is 6.92 Å². The van der Waals surface area contributed by atoms with Crippen molar-refractivity contribution < 1.29 is 4.74 Å². The molecule has 6 nitrogen and oxygen atoms in total. The first-order valence-electron chi connectivity index (χ1n) is 8.48. The number of guanidine groups is 1. The van der Waals surface area contributed by atoms with E-state index in [-0.39, 0.29) is 24.0 Å². The van der Waals surface area contributed by atoms with E-state index < -0.39 is 0 Å². The lowest BCUT2D eigenvalue weighted by atomic mass is 10.3. The molecule has 0 saturated carbocycles. The second-order valence-corrected chi connectivity index (χ2v) is 7.00. The Morgan fingerprint density at radius 3 is 2.83 bits per heavy atom. The molecule has 0 amide bonds. The number of nitrogens with two attached hydrogens (primary N) is 1. The van der Waals surface area contributed by atoms with Crippen LogP contribution in [-0.2, 0) is 17.6 Å². The molecular weight excluding hydrogens is 437 g/mol. The van der Waals surface area contributed by atoms with Crippen molar-refractivity contribution in [3.8, 4) is 0 Å². The molecule has 0 spiro atoms. The SMILES string of the molecule is CCc1nc(CCNC(N)=NCCCN2CCOCC2)sc1C.I. The summed E-state index contributed by atoms with van der Waals surface area (Å²) < 4.78 is 5.34. The summed E-state index contributed by atoms with van der Waals surface area (Å²) in [7, 11) is 0. The Balaban J connectivity index is 0.00000288. The monoisotopic (exact) mass is 467 g/mol. The Morgan fingerprint density at radius 2 is 2.17 bits per heavy atom. The number of halogens is 1. The van der Waals surface area contributed by atoms with Gasteiger partial charge in [0.05, 0.1) is 23.9 Å². The van der Waals surface area contributed by atoms with Crippen molar-refractivity contribution in [3.63, 3.8) is 0 Å². The summed E-state index contributed by atoms with van der Waals surface area (Å²) >= 11 is 1.78. The molecule has 1 aliphatic heterocycles. The van der Waals surface area contributed by atoms with E-state index in [0.717, 1.165) is 65.2 Å². The van der Waals surface area contributed by atoms with E-state index in [1.807, 2.05) is 0 Å². The number of nitrogens with one attached hydrogen (secondary N) is 1.